The standard InChI is InChI=1S/C13H17BrO3/c1-8(9(2)13(15)16)6-10-7-11(17-3)4-5-12(10)14/h4-5,7-9H,6H2,1-3H3,(H,15,16). The van der Waals surface area contributed by atoms with Crippen molar-refractivity contribution in [3.05, 3.63) is 28.2 Å². The first kappa shape index (κ1) is 14.0. The number of methoxy groups -OCH3 is 1. The van der Waals surface area contributed by atoms with Crippen molar-refractivity contribution in [3.8, 4) is 5.75 Å². The minimum atomic E-state index is -0.753. The summed E-state index contributed by atoms with van der Waals surface area (Å²) in [5, 5.41) is 8.96. The van der Waals surface area contributed by atoms with Crippen molar-refractivity contribution in [2.45, 2.75) is 20.3 Å². The van der Waals surface area contributed by atoms with Crippen LogP contribution >= 0.6 is 15.9 Å². The Labute approximate surface area is 110 Å². The predicted octanol–water partition coefficient (Wildman–Crippen LogP) is 3.36. The van der Waals surface area contributed by atoms with Crippen molar-refractivity contribution in [2.75, 3.05) is 7.11 Å². The highest BCUT2D eigenvalue weighted by Crippen LogP contribution is 2.27. The second-order valence-corrected chi connectivity index (χ2v) is 5.12. The minimum absolute atomic E-state index is 0.0795. The van der Waals surface area contributed by atoms with Gasteiger partial charge in [-0.1, -0.05) is 29.8 Å². The first-order valence-corrected chi connectivity index (χ1v) is 6.30. The Morgan fingerprint density at radius 3 is 2.65 bits per heavy atom. The van der Waals surface area contributed by atoms with Crippen molar-refractivity contribution < 1.29 is 14.6 Å². The van der Waals surface area contributed by atoms with Crippen molar-refractivity contribution in [1.82, 2.24) is 0 Å². The summed E-state index contributed by atoms with van der Waals surface area (Å²) in [4.78, 5) is 10.9. The number of halogens is 1. The second kappa shape index (κ2) is 6.05. The molecule has 0 aliphatic heterocycles. The van der Waals surface area contributed by atoms with E-state index >= 15 is 0 Å². The molecule has 94 valence electrons. The fraction of sp³-hybridized carbons (Fsp3) is 0.462. The zero-order chi connectivity index (χ0) is 13.0. The third kappa shape index (κ3) is 3.73. The molecule has 1 N–H and O–H groups in total. The van der Waals surface area contributed by atoms with Gasteiger partial charge in [-0.25, -0.2) is 0 Å². The Morgan fingerprint density at radius 1 is 1.47 bits per heavy atom. The summed E-state index contributed by atoms with van der Waals surface area (Å²) < 4.78 is 6.15. The number of carboxylic acids is 1. The van der Waals surface area contributed by atoms with Crippen molar-refractivity contribution >= 4 is 21.9 Å². The van der Waals surface area contributed by atoms with Crippen molar-refractivity contribution in [2.24, 2.45) is 11.8 Å². The molecule has 0 bridgehead atoms. The van der Waals surface area contributed by atoms with Gasteiger partial charge in [-0.2, -0.15) is 0 Å². The van der Waals surface area contributed by atoms with Gasteiger partial charge >= 0.3 is 5.97 Å². The monoisotopic (exact) mass is 300 g/mol. The van der Waals surface area contributed by atoms with Crippen LogP contribution in [-0.2, 0) is 11.2 Å². The molecule has 1 aromatic rings. The van der Waals surface area contributed by atoms with E-state index in [1.165, 1.54) is 0 Å². The van der Waals surface area contributed by atoms with E-state index in [9.17, 15) is 4.79 Å². The number of carboxylic acid groups (broad SMARTS) is 1. The molecule has 17 heavy (non-hydrogen) atoms. The maximum absolute atomic E-state index is 10.9. The molecule has 0 spiro atoms. The maximum Gasteiger partial charge on any atom is 0.306 e. The molecule has 2 atom stereocenters. The van der Waals surface area contributed by atoms with Crippen LogP contribution in [-0.4, -0.2) is 18.2 Å². The fourth-order valence-corrected chi connectivity index (χ4v) is 2.01. The Morgan fingerprint density at radius 2 is 2.12 bits per heavy atom. The lowest BCUT2D eigenvalue weighted by Gasteiger charge is -2.17. The summed E-state index contributed by atoms with van der Waals surface area (Å²) in [5.74, 6) is -0.237. The highest BCUT2D eigenvalue weighted by atomic mass is 79.9. The molecule has 1 rings (SSSR count). The highest BCUT2D eigenvalue weighted by molar-refractivity contribution is 9.10. The number of ether oxygens (including phenoxy) is 1. The van der Waals surface area contributed by atoms with Crippen LogP contribution in [0.1, 0.15) is 19.4 Å². The Kier molecular flexibility index (Phi) is 5.00. The van der Waals surface area contributed by atoms with Gasteiger partial charge in [0.1, 0.15) is 5.75 Å². The molecular formula is C13H17BrO3. The number of rotatable bonds is 5. The van der Waals surface area contributed by atoms with Gasteiger partial charge in [-0.15, -0.1) is 0 Å². The number of carbonyl (C=O) groups is 1. The van der Waals surface area contributed by atoms with Crippen LogP contribution in [0.15, 0.2) is 22.7 Å². The maximum atomic E-state index is 10.9. The Bertz CT molecular complexity index is 404. The summed E-state index contributed by atoms with van der Waals surface area (Å²) in [7, 11) is 1.62. The van der Waals surface area contributed by atoms with Crippen LogP contribution in [0.5, 0.6) is 5.75 Å². The molecule has 0 heterocycles. The molecule has 0 aromatic heterocycles. The quantitative estimate of drug-likeness (QED) is 0.907. The number of aliphatic carboxylic acids is 1. The van der Waals surface area contributed by atoms with Crippen LogP contribution in [0.2, 0.25) is 0 Å². The lowest BCUT2D eigenvalue weighted by Crippen LogP contribution is -2.20. The lowest BCUT2D eigenvalue weighted by atomic mass is 9.90. The van der Waals surface area contributed by atoms with Gasteiger partial charge in [-0.3, -0.25) is 4.79 Å². The average Bonchev–Trinajstić information content (AvgIpc) is 2.30. The molecule has 0 amide bonds. The Hall–Kier alpha value is -1.03. The van der Waals surface area contributed by atoms with E-state index in [0.717, 1.165) is 15.8 Å². The van der Waals surface area contributed by atoms with Gasteiger partial charge in [0.25, 0.3) is 0 Å². The molecular weight excluding hydrogens is 284 g/mol. The first-order valence-electron chi connectivity index (χ1n) is 5.51. The van der Waals surface area contributed by atoms with Gasteiger partial charge < -0.3 is 9.84 Å². The van der Waals surface area contributed by atoms with Crippen LogP contribution in [0, 0.1) is 11.8 Å². The first-order chi connectivity index (χ1) is 7.95. The zero-order valence-corrected chi connectivity index (χ0v) is 11.8. The van der Waals surface area contributed by atoms with Gasteiger partial charge in [0.2, 0.25) is 0 Å². The second-order valence-electron chi connectivity index (χ2n) is 4.27. The van der Waals surface area contributed by atoms with E-state index in [1.54, 1.807) is 14.0 Å². The SMILES string of the molecule is COc1ccc(Br)c(CC(C)C(C)C(=O)O)c1. The third-order valence-corrected chi connectivity index (χ3v) is 3.81. The van der Waals surface area contributed by atoms with E-state index in [4.69, 9.17) is 9.84 Å². The molecule has 1 aromatic carbocycles. The zero-order valence-electron chi connectivity index (χ0n) is 10.2. The summed E-state index contributed by atoms with van der Waals surface area (Å²) in [5.41, 5.74) is 1.07. The number of benzene rings is 1. The van der Waals surface area contributed by atoms with Crippen molar-refractivity contribution in [3.63, 3.8) is 0 Å². The summed E-state index contributed by atoms with van der Waals surface area (Å²) in [6.45, 7) is 3.69. The molecule has 2 unspecified atom stereocenters. The predicted molar refractivity (Wildman–Crippen MR) is 70.4 cm³/mol. The smallest absolute Gasteiger partial charge is 0.306 e. The van der Waals surface area contributed by atoms with E-state index in [2.05, 4.69) is 15.9 Å². The topological polar surface area (TPSA) is 46.5 Å². The van der Waals surface area contributed by atoms with Gasteiger partial charge in [0.15, 0.2) is 0 Å². The molecule has 0 fully saturated rings. The van der Waals surface area contributed by atoms with Crippen molar-refractivity contribution in [1.29, 1.82) is 0 Å². The summed E-state index contributed by atoms with van der Waals surface area (Å²) in [6, 6.07) is 5.74. The van der Waals surface area contributed by atoms with Crippen LogP contribution in [0.3, 0.4) is 0 Å². The van der Waals surface area contributed by atoms with E-state index < -0.39 is 5.97 Å². The molecule has 0 radical (unpaired) electrons. The van der Waals surface area contributed by atoms with E-state index in [0.29, 0.717) is 6.42 Å². The molecule has 0 aliphatic carbocycles. The fourth-order valence-electron chi connectivity index (χ4n) is 1.60. The molecule has 3 nitrogen and oxygen atoms in total. The number of hydrogen-bond acceptors (Lipinski definition) is 2. The van der Waals surface area contributed by atoms with Gasteiger partial charge in [-0.05, 0) is 36.1 Å². The molecule has 0 saturated heterocycles. The van der Waals surface area contributed by atoms with Gasteiger partial charge in [0, 0.05) is 4.47 Å². The third-order valence-electron chi connectivity index (χ3n) is 3.04. The molecule has 0 aliphatic rings. The minimum Gasteiger partial charge on any atom is -0.497 e. The molecule has 0 saturated carbocycles. The Balaban J connectivity index is 2.83. The van der Waals surface area contributed by atoms with E-state index in [-0.39, 0.29) is 11.8 Å². The van der Waals surface area contributed by atoms with E-state index in [1.807, 2.05) is 25.1 Å². The van der Waals surface area contributed by atoms with Crippen LogP contribution in [0.25, 0.3) is 0 Å². The summed E-state index contributed by atoms with van der Waals surface area (Å²) in [6.07, 6.45) is 0.714. The van der Waals surface area contributed by atoms with Gasteiger partial charge in [0.05, 0.1) is 13.0 Å². The molecule has 4 heteroatoms. The summed E-state index contributed by atoms with van der Waals surface area (Å²) >= 11 is 3.47. The van der Waals surface area contributed by atoms with Crippen LogP contribution in [0.4, 0.5) is 0 Å². The average molecular weight is 301 g/mol. The largest absolute Gasteiger partial charge is 0.497 e. The normalized spacial score (nSPS) is 14.1. The lowest BCUT2D eigenvalue weighted by molar-refractivity contribution is -0.142. The van der Waals surface area contributed by atoms with Crippen LogP contribution < -0.4 is 4.74 Å². The highest BCUT2D eigenvalue weighted by Gasteiger charge is 2.20. The number of hydrogen-bond donors (Lipinski definition) is 1.